The van der Waals surface area contributed by atoms with Crippen molar-refractivity contribution in [2.24, 2.45) is 0 Å². The smallest absolute Gasteiger partial charge is 0.176 e. The highest BCUT2D eigenvalue weighted by molar-refractivity contribution is 7.90. The molecule has 0 saturated heterocycles. The number of halogens is 1. The summed E-state index contributed by atoms with van der Waals surface area (Å²) in [5.41, 5.74) is 1.06. The molecule has 0 spiro atoms. The summed E-state index contributed by atoms with van der Waals surface area (Å²) in [5, 5.41) is 0. The second-order valence-corrected chi connectivity index (χ2v) is 6.03. The molecule has 0 aliphatic heterocycles. The number of hydrogen-bond donors (Lipinski definition) is 0. The fourth-order valence-electron chi connectivity index (χ4n) is 1.67. The van der Waals surface area contributed by atoms with E-state index in [1.54, 1.807) is 18.2 Å². The number of benzene rings is 2. The molecule has 2 rings (SSSR count). The number of sulfone groups is 1. The Balaban J connectivity index is 2.51. The van der Waals surface area contributed by atoms with Crippen molar-refractivity contribution < 1.29 is 17.5 Å². The molecular formula is C14H12FO3S. The molecule has 3 nitrogen and oxygen atoms in total. The van der Waals surface area contributed by atoms with Gasteiger partial charge in [0.1, 0.15) is 0 Å². The van der Waals surface area contributed by atoms with E-state index in [0.717, 1.165) is 6.26 Å². The molecule has 99 valence electrons. The van der Waals surface area contributed by atoms with Crippen molar-refractivity contribution in [3.8, 4) is 16.9 Å². The van der Waals surface area contributed by atoms with Gasteiger partial charge in [0, 0.05) is 12.3 Å². The minimum atomic E-state index is -3.33. The Kier molecular flexibility index (Phi) is 3.57. The second kappa shape index (κ2) is 5.01. The molecule has 0 saturated carbocycles. The minimum absolute atomic E-state index is 0.0845. The van der Waals surface area contributed by atoms with Gasteiger partial charge < -0.3 is 4.74 Å². The van der Waals surface area contributed by atoms with E-state index in [-0.39, 0.29) is 10.6 Å². The lowest BCUT2D eigenvalue weighted by molar-refractivity contribution is 0.386. The van der Waals surface area contributed by atoms with Gasteiger partial charge in [-0.25, -0.2) is 12.8 Å². The zero-order valence-electron chi connectivity index (χ0n) is 10.5. The Hall–Kier alpha value is -1.88. The van der Waals surface area contributed by atoms with Crippen LogP contribution in [0.1, 0.15) is 0 Å². The van der Waals surface area contributed by atoms with Crippen LogP contribution >= 0.6 is 0 Å². The van der Waals surface area contributed by atoms with Gasteiger partial charge in [0.15, 0.2) is 21.4 Å². The van der Waals surface area contributed by atoms with E-state index in [0.29, 0.717) is 11.1 Å². The monoisotopic (exact) mass is 279 g/mol. The molecule has 5 heteroatoms. The molecule has 0 amide bonds. The van der Waals surface area contributed by atoms with Gasteiger partial charge in [-0.15, -0.1) is 0 Å². The normalized spacial score (nSPS) is 11.3. The van der Waals surface area contributed by atoms with Crippen molar-refractivity contribution in [3.63, 3.8) is 0 Å². The minimum Gasteiger partial charge on any atom is -0.494 e. The zero-order valence-corrected chi connectivity index (χ0v) is 11.3. The number of rotatable bonds is 3. The van der Waals surface area contributed by atoms with Gasteiger partial charge in [-0.05, 0) is 29.3 Å². The van der Waals surface area contributed by atoms with Crippen LogP contribution in [0.25, 0.3) is 11.1 Å². The summed E-state index contributed by atoms with van der Waals surface area (Å²) in [6.07, 6.45) is 1.11. The van der Waals surface area contributed by atoms with Gasteiger partial charge in [-0.2, -0.15) is 0 Å². The van der Waals surface area contributed by atoms with Gasteiger partial charge in [0.05, 0.1) is 12.0 Å². The van der Waals surface area contributed by atoms with Crippen LogP contribution in [0, 0.1) is 11.9 Å². The third-order valence-electron chi connectivity index (χ3n) is 2.63. The molecule has 0 fully saturated rings. The average Bonchev–Trinajstić information content (AvgIpc) is 2.38. The molecule has 0 aliphatic rings. The Morgan fingerprint density at radius 2 is 1.95 bits per heavy atom. The zero-order chi connectivity index (χ0) is 14.0. The Morgan fingerprint density at radius 1 is 1.21 bits per heavy atom. The van der Waals surface area contributed by atoms with Crippen LogP contribution in [-0.2, 0) is 9.84 Å². The number of hydrogen-bond acceptors (Lipinski definition) is 3. The Labute approximate surface area is 111 Å². The summed E-state index contributed by atoms with van der Waals surface area (Å²) in [7, 11) is -1.95. The lowest BCUT2D eigenvalue weighted by atomic mass is 10.1. The van der Waals surface area contributed by atoms with Crippen LogP contribution in [0.15, 0.2) is 41.3 Å². The molecular weight excluding hydrogens is 267 g/mol. The first-order valence-corrected chi connectivity index (χ1v) is 7.37. The SMILES string of the molecule is COc1ccc(-c2[c]c(S(C)(=O)=O)ccc2)cc1F. The summed E-state index contributed by atoms with van der Waals surface area (Å²) in [6, 6.07) is 11.9. The van der Waals surface area contributed by atoms with Gasteiger partial charge >= 0.3 is 0 Å². The van der Waals surface area contributed by atoms with Crippen LogP contribution in [0.2, 0.25) is 0 Å². The predicted molar refractivity (Wildman–Crippen MR) is 70.3 cm³/mol. The third kappa shape index (κ3) is 2.93. The van der Waals surface area contributed by atoms with Crippen molar-refractivity contribution in [1.29, 1.82) is 0 Å². The van der Waals surface area contributed by atoms with Crippen molar-refractivity contribution in [1.82, 2.24) is 0 Å². The highest BCUT2D eigenvalue weighted by atomic mass is 32.2. The van der Waals surface area contributed by atoms with E-state index in [1.165, 1.54) is 25.3 Å². The number of methoxy groups -OCH3 is 1. The number of ether oxygens (including phenoxy) is 1. The molecule has 0 aromatic heterocycles. The van der Waals surface area contributed by atoms with Crippen LogP contribution in [0.3, 0.4) is 0 Å². The van der Waals surface area contributed by atoms with Crippen molar-refractivity contribution in [2.45, 2.75) is 4.90 Å². The van der Waals surface area contributed by atoms with Crippen molar-refractivity contribution in [3.05, 3.63) is 48.3 Å². The molecule has 2 aromatic carbocycles. The van der Waals surface area contributed by atoms with Crippen LogP contribution < -0.4 is 4.74 Å². The standard InChI is InChI=1S/C14H12FO3S/c1-18-14-7-6-11(9-13(14)15)10-4-3-5-12(8-10)19(2,16)17/h3-7,9H,1-2H3. The molecule has 0 aliphatic carbocycles. The summed E-state index contributed by atoms with van der Waals surface area (Å²) in [4.78, 5) is 0.0845. The molecule has 2 aromatic rings. The molecule has 0 bridgehead atoms. The average molecular weight is 279 g/mol. The lowest BCUT2D eigenvalue weighted by Crippen LogP contribution is -1.97. The first kappa shape index (κ1) is 13.5. The van der Waals surface area contributed by atoms with Gasteiger partial charge in [-0.3, -0.25) is 0 Å². The highest BCUT2D eigenvalue weighted by Gasteiger charge is 2.10. The molecule has 0 N–H and O–H groups in total. The van der Waals surface area contributed by atoms with Crippen LogP contribution in [-0.4, -0.2) is 21.8 Å². The summed E-state index contributed by atoms with van der Waals surface area (Å²) >= 11 is 0. The fourth-order valence-corrected chi connectivity index (χ4v) is 2.29. The predicted octanol–water partition coefficient (Wildman–Crippen LogP) is 2.70. The maximum absolute atomic E-state index is 13.6. The van der Waals surface area contributed by atoms with Gasteiger partial charge in [0.25, 0.3) is 0 Å². The largest absolute Gasteiger partial charge is 0.494 e. The first-order valence-electron chi connectivity index (χ1n) is 5.48. The second-order valence-electron chi connectivity index (χ2n) is 4.05. The summed E-state index contributed by atoms with van der Waals surface area (Å²) in [5.74, 6) is -0.360. The summed E-state index contributed by atoms with van der Waals surface area (Å²) in [6.45, 7) is 0. The Bertz CT molecular complexity index is 708. The molecule has 0 atom stereocenters. The molecule has 0 unspecified atom stereocenters. The van der Waals surface area contributed by atoms with Crippen molar-refractivity contribution >= 4 is 9.84 Å². The van der Waals surface area contributed by atoms with E-state index in [9.17, 15) is 12.8 Å². The maximum Gasteiger partial charge on any atom is 0.176 e. The molecule has 0 heterocycles. The van der Waals surface area contributed by atoms with E-state index in [1.807, 2.05) is 0 Å². The quantitative estimate of drug-likeness (QED) is 0.867. The summed E-state index contributed by atoms with van der Waals surface area (Å²) < 4.78 is 41.4. The highest BCUT2D eigenvalue weighted by Crippen LogP contribution is 2.26. The molecule has 19 heavy (non-hydrogen) atoms. The van der Waals surface area contributed by atoms with E-state index in [2.05, 4.69) is 6.07 Å². The van der Waals surface area contributed by atoms with Crippen LogP contribution in [0.4, 0.5) is 4.39 Å². The molecule has 1 radical (unpaired) electrons. The first-order chi connectivity index (χ1) is 8.91. The van der Waals surface area contributed by atoms with E-state index in [4.69, 9.17) is 4.74 Å². The van der Waals surface area contributed by atoms with Gasteiger partial charge in [0.2, 0.25) is 0 Å². The maximum atomic E-state index is 13.6. The third-order valence-corrected chi connectivity index (χ3v) is 3.67. The lowest BCUT2D eigenvalue weighted by Gasteiger charge is -2.06. The fraction of sp³-hybridized carbons (Fsp3) is 0.143. The van der Waals surface area contributed by atoms with Crippen LogP contribution in [0.5, 0.6) is 5.75 Å². The van der Waals surface area contributed by atoms with E-state index < -0.39 is 15.7 Å². The topological polar surface area (TPSA) is 43.4 Å². The Morgan fingerprint density at radius 3 is 2.53 bits per heavy atom. The van der Waals surface area contributed by atoms with Crippen molar-refractivity contribution in [2.75, 3.05) is 13.4 Å². The van der Waals surface area contributed by atoms with E-state index >= 15 is 0 Å². The van der Waals surface area contributed by atoms with Gasteiger partial charge in [-0.1, -0.05) is 18.2 Å².